The molecule has 0 radical (unpaired) electrons. The number of piperidine rings is 1. The number of carbonyl (C=O) groups is 1. The molecule has 1 heterocycles. The Hall–Kier alpha value is -0.0800. The summed E-state index contributed by atoms with van der Waals surface area (Å²) in [5.41, 5.74) is 0. The molecule has 13 heavy (non-hydrogen) atoms. The van der Waals surface area contributed by atoms with Crippen LogP contribution < -0.4 is 0 Å². The molecular formula is C10H18ClNO. The highest BCUT2D eigenvalue weighted by molar-refractivity contribution is 6.13. The molecule has 0 aromatic rings. The second kappa shape index (κ2) is 4.97. The van der Waals surface area contributed by atoms with E-state index in [1.807, 2.05) is 18.3 Å². The molecule has 1 aliphatic heterocycles. The Labute approximate surface area is 85.4 Å². The van der Waals surface area contributed by atoms with Gasteiger partial charge in [0, 0.05) is 25.4 Å². The van der Waals surface area contributed by atoms with Crippen LogP contribution in [0.4, 0.5) is 0 Å². The van der Waals surface area contributed by atoms with Gasteiger partial charge in [-0.2, -0.15) is 0 Å². The summed E-state index contributed by atoms with van der Waals surface area (Å²) in [5.74, 6) is 1.16. The number of carbonyl (C=O) groups excluding carboxylic acids is 1. The predicted octanol–water partition coefficient (Wildman–Crippen LogP) is 2.47. The van der Waals surface area contributed by atoms with E-state index in [1.165, 1.54) is 0 Å². The van der Waals surface area contributed by atoms with Crippen LogP contribution in [0.1, 0.15) is 33.1 Å². The Kier molecular flexibility index (Phi) is 4.20. The van der Waals surface area contributed by atoms with Crippen molar-refractivity contribution in [1.29, 1.82) is 0 Å². The summed E-state index contributed by atoms with van der Waals surface area (Å²) in [5, 5.41) is 0. The summed E-state index contributed by atoms with van der Waals surface area (Å²) in [6, 6.07) is 0. The van der Waals surface area contributed by atoms with Gasteiger partial charge in [-0.3, -0.25) is 4.79 Å². The predicted molar refractivity (Wildman–Crippen MR) is 54.6 cm³/mol. The molecule has 0 aromatic carbocycles. The maximum absolute atomic E-state index is 11.4. The summed E-state index contributed by atoms with van der Waals surface area (Å²) >= 11 is 5.83. The first kappa shape index (κ1) is 11.0. The zero-order chi connectivity index (χ0) is 9.84. The topological polar surface area (TPSA) is 20.3 Å². The first-order chi connectivity index (χ1) is 6.09. The molecule has 1 saturated heterocycles. The van der Waals surface area contributed by atoms with Crippen LogP contribution in [-0.2, 0) is 4.79 Å². The molecule has 0 aliphatic carbocycles. The van der Waals surface area contributed by atoms with Crippen LogP contribution >= 0.6 is 11.8 Å². The summed E-state index contributed by atoms with van der Waals surface area (Å²) in [4.78, 5) is 11.4. The molecule has 76 valence electrons. The second-order valence-corrected chi connectivity index (χ2v) is 4.66. The van der Waals surface area contributed by atoms with E-state index >= 15 is 0 Å². The lowest BCUT2D eigenvalue weighted by Gasteiger charge is -2.26. The molecule has 0 atom stereocenters. The molecule has 0 unspecified atom stereocenters. The number of hydrogen-bond donors (Lipinski definition) is 0. The van der Waals surface area contributed by atoms with Crippen LogP contribution in [0.3, 0.4) is 0 Å². The van der Waals surface area contributed by atoms with Gasteiger partial charge in [-0.25, -0.2) is 4.42 Å². The van der Waals surface area contributed by atoms with Crippen molar-refractivity contribution in [2.75, 3.05) is 13.1 Å². The van der Waals surface area contributed by atoms with Crippen LogP contribution in [0.25, 0.3) is 0 Å². The fourth-order valence-corrected chi connectivity index (χ4v) is 1.82. The van der Waals surface area contributed by atoms with E-state index in [4.69, 9.17) is 11.8 Å². The molecule has 0 bridgehead atoms. The average molecular weight is 204 g/mol. The van der Waals surface area contributed by atoms with E-state index in [-0.39, 0.29) is 5.92 Å². The number of halogens is 1. The molecule has 0 N–H and O–H groups in total. The van der Waals surface area contributed by atoms with Crippen LogP contribution in [0.15, 0.2) is 0 Å². The lowest BCUT2D eigenvalue weighted by atomic mass is 9.89. The Balaban J connectivity index is 2.26. The summed E-state index contributed by atoms with van der Waals surface area (Å²) in [6.07, 6.45) is 2.90. The van der Waals surface area contributed by atoms with Crippen molar-refractivity contribution >= 4 is 17.6 Å². The Bertz CT molecular complexity index is 174. The highest BCUT2D eigenvalue weighted by Gasteiger charge is 2.21. The Morgan fingerprint density at radius 1 is 1.46 bits per heavy atom. The van der Waals surface area contributed by atoms with Crippen molar-refractivity contribution in [3.63, 3.8) is 0 Å². The molecule has 0 spiro atoms. The molecule has 1 aliphatic rings. The van der Waals surface area contributed by atoms with Crippen LogP contribution in [-0.4, -0.2) is 23.3 Å². The number of Topliss-reactive ketones (excluding diaryl/α,β-unsaturated/α-hetero) is 1. The van der Waals surface area contributed by atoms with E-state index in [1.54, 1.807) is 0 Å². The van der Waals surface area contributed by atoms with Crippen molar-refractivity contribution < 1.29 is 4.79 Å². The van der Waals surface area contributed by atoms with Crippen molar-refractivity contribution in [2.24, 2.45) is 11.8 Å². The summed E-state index contributed by atoms with van der Waals surface area (Å²) in [7, 11) is 0. The fourth-order valence-electron chi connectivity index (χ4n) is 1.63. The third-order valence-electron chi connectivity index (χ3n) is 2.69. The summed E-state index contributed by atoms with van der Waals surface area (Å²) < 4.78 is 1.82. The Morgan fingerprint density at radius 3 is 2.46 bits per heavy atom. The van der Waals surface area contributed by atoms with Gasteiger partial charge in [0.1, 0.15) is 5.78 Å². The largest absolute Gasteiger partial charge is 0.299 e. The molecule has 2 nitrogen and oxygen atoms in total. The van der Waals surface area contributed by atoms with Gasteiger partial charge in [-0.15, -0.1) is 0 Å². The fraction of sp³-hybridized carbons (Fsp3) is 0.900. The van der Waals surface area contributed by atoms with Gasteiger partial charge in [-0.1, -0.05) is 13.8 Å². The molecule has 1 rings (SSSR count). The van der Waals surface area contributed by atoms with Gasteiger partial charge in [0.25, 0.3) is 0 Å². The van der Waals surface area contributed by atoms with Gasteiger partial charge >= 0.3 is 0 Å². The quantitative estimate of drug-likeness (QED) is 0.657. The Morgan fingerprint density at radius 2 is 2.00 bits per heavy atom. The normalized spacial score (nSPS) is 20.9. The number of nitrogens with zero attached hydrogens (tertiary/aromatic N) is 1. The van der Waals surface area contributed by atoms with E-state index < -0.39 is 0 Å². The molecule has 1 fully saturated rings. The van der Waals surface area contributed by atoms with Crippen LogP contribution in [0.2, 0.25) is 0 Å². The minimum Gasteiger partial charge on any atom is -0.299 e. The number of ketones is 1. The maximum atomic E-state index is 11.4. The minimum absolute atomic E-state index is 0.189. The van der Waals surface area contributed by atoms with Gasteiger partial charge in [0.2, 0.25) is 0 Å². The third-order valence-corrected chi connectivity index (χ3v) is 3.03. The zero-order valence-corrected chi connectivity index (χ0v) is 9.18. The smallest absolute Gasteiger partial charge is 0.135 e. The molecule has 0 amide bonds. The second-order valence-electron chi connectivity index (χ2n) is 4.18. The first-order valence-electron chi connectivity index (χ1n) is 5.03. The van der Waals surface area contributed by atoms with Gasteiger partial charge in [-0.05, 0) is 30.5 Å². The maximum Gasteiger partial charge on any atom is 0.135 e. The zero-order valence-electron chi connectivity index (χ0n) is 8.42. The highest BCUT2D eigenvalue weighted by Crippen LogP contribution is 2.22. The minimum atomic E-state index is 0.189. The lowest BCUT2D eigenvalue weighted by molar-refractivity contribution is -0.123. The molecule has 0 saturated carbocycles. The lowest BCUT2D eigenvalue weighted by Crippen LogP contribution is -2.28. The monoisotopic (exact) mass is 203 g/mol. The highest BCUT2D eigenvalue weighted by atomic mass is 35.5. The summed E-state index contributed by atoms with van der Waals surface area (Å²) in [6.45, 7) is 5.80. The van der Waals surface area contributed by atoms with Gasteiger partial charge in [0.05, 0.1) is 0 Å². The van der Waals surface area contributed by atoms with Crippen molar-refractivity contribution in [1.82, 2.24) is 4.42 Å². The molecule has 0 aromatic heterocycles. The number of hydrogen-bond acceptors (Lipinski definition) is 2. The van der Waals surface area contributed by atoms with Crippen molar-refractivity contribution in [2.45, 2.75) is 33.1 Å². The van der Waals surface area contributed by atoms with Crippen LogP contribution in [0, 0.1) is 11.8 Å². The van der Waals surface area contributed by atoms with Gasteiger partial charge in [0.15, 0.2) is 0 Å². The van der Waals surface area contributed by atoms with Crippen LogP contribution in [0.5, 0.6) is 0 Å². The van der Waals surface area contributed by atoms with E-state index in [9.17, 15) is 4.79 Å². The van der Waals surface area contributed by atoms with Gasteiger partial charge < -0.3 is 0 Å². The third kappa shape index (κ3) is 3.65. The molecule has 3 heteroatoms. The van der Waals surface area contributed by atoms with Crippen molar-refractivity contribution in [3.8, 4) is 0 Å². The standard InChI is InChI=1S/C10H18ClNO/c1-8(2)10(13)7-9-3-5-12(11)6-4-9/h8-9H,3-7H2,1-2H3. The van der Waals surface area contributed by atoms with E-state index in [2.05, 4.69) is 0 Å². The van der Waals surface area contributed by atoms with E-state index in [0.717, 1.165) is 32.4 Å². The first-order valence-corrected chi connectivity index (χ1v) is 5.37. The molecular weight excluding hydrogens is 186 g/mol. The average Bonchev–Trinajstić information content (AvgIpc) is 2.08. The van der Waals surface area contributed by atoms with E-state index in [0.29, 0.717) is 11.7 Å². The number of rotatable bonds is 3. The van der Waals surface area contributed by atoms with Crippen molar-refractivity contribution in [3.05, 3.63) is 0 Å². The SMILES string of the molecule is CC(C)C(=O)CC1CCN(Cl)CC1.